The molecule has 1 aromatic heterocycles. The molecule has 6 nitrogen and oxygen atoms in total. The van der Waals surface area contributed by atoms with Crippen molar-refractivity contribution in [2.45, 2.75) is 25.9 Å². The van der Waals surface area contributed by atoms with Gasteiger partial charge in [0.2, 0.25) is 0 Å². The summed E-state index contributed by atoms with van der Waals surface area (Å²) < 4.78 is 16.5. The van der Waals surface area contributed by atoms with Gasteiger partial charge in [-0.2, -0.15) is 0 Å². The molecule has 2 aliphatic rings. The van der Waals surface area contributed by atoms with Crippen molar-refractivity contribution in [3.8, 4) is 5.75 Å². The number of ether oxygens (including phenoxy) is 2. The second-order valence-electron chi connectivity index (χ2n) is 6.80. The fourth-order valence-corrected chi connectivity index (χ4v) is 3.74. The Balaban J connectivity index is 1.48. The van der Waals surface area contributed by atoms with Crippen LogP contribution in [0.15, 0.2) is 28.8 Å². The predicted octanol–water partition coefficient (Wildman–Crippen LogP) is 2.25. The quantitative estimate of drug-likeness (QED) is 0.853. The molecule has 0 aliphatic carbocycles. The lowest BCUT2D eigenvalue weighted by Crippen LogP contribution is -2.30. The topological polar surface area (TPSA) is 64.8 Å². The van der Waals surface area contributed by atoms with Crippen molar-refractivity contribution in [2.24, 2.45) is 5.92 Å². The fraction of sp³-hybridized carbons (Fsp3) is 0.474. The van der Waals surface area contributed by atoms with Crippen LogP contribution in [0.2, 0.25) is 0 Å². The first-order chi connectivity index (χ1) is 12.1. The lowest BCUT2D eigenvalue weighted by atomic mass is 10.0. The molecule has 2 aromatic rings. The fourth-order valence-electron chi connectivity index (χ4n) is 3.74. The van der Waals surface area contributed by atoms with Crippen molar-refractivity contribution in [1.82, 2.24) is 10.1 Å². The first kappa shape index (κ1) is 16.1. The zero-order valence-corrected chi connectivity index (χ0v) is 14.5. The van der Waals surface area contributed by atoms with Gasteiger partial charge in [0, 0.05) is 50.6 Å². The summed E-state index contributed by atoms with van der Waals surface area (Å²) in [5.41, 5.74) is 2.70. The number of rotatable bonds is 4. The van der Waals surface area contributed by atoms with E-state index in [1.54, 1.807) is 7.11 Å². The Morgan fingerprint density at radius 3 is 3.00 bits per heavy atom. The number of carbonyl (C=O) groups excluding carboxylic acids is 1. The van der Waals surface area contributed by atoms with Gasteiger partial charge in [0.15, 0.2) is 0 Å². The molecule has 6 heteroatoms. The number of likely N-dealkylation sites (tertiary alicyclic amines) is 1. The van der Waals surface area contributed by atoms with Crippen molar-refractivity contribution in [3.05, 3.63) is 46.8 Å². The summed E-state index contributed by atoms with van der Waals surface area (Å²) >= 11 is 0. The molecule has 1 amide bonds. The van der Waals surface area contributed by atoms with E-state index < -0.39 is 0 Å². The smallest absolute Gasteiger partial charge is 0.253 e. The van der Waals surface area contributed by atoms with Gasteiger partial charge in [0.05, 0.1) is 18.4 Å². The lowest BCUT2D eigenvalue weighted by molar-refractivity contribution is 0.0672. The minimum Gasteiger partial charge on any atom is -0.493 e. The molecule has 0 radical (unpaired) electrons. The number of aromatic nitrogens is 1. The number of amides is 1. The number of methoxy groups -OCH3 is 1. The van der Waals surface area contributed by atoms with Crippen molar-refractivity contribution < 1.29 is 18.8 Å². The highest BCUT2D eigenvalue weighted by atomic mass is 16.5. The molecule has 132 valence electrons. The number of hydrogen-bond donors (Lipinski definition) is 0. The molecule has 2 aliphatic heterocycles. The first-order valence-corrected chi connectivity index (χ1v) is 8.64. The number of carbonyl (C=O) groups is 1. The Morgan fingerprint density at radius 2 is 2.24 bits per heavy atom. The van der Waals surface area contributed by atoms with Gasteiger partial charge in [0.25, 0.3) is 5.91 Å². The van der Waals surface area contributed by atoms with E-state index in [9.17, 15) is 4.79 Å². The van der Waals surface area contributed by atoms with E-state index in [4.69, 9.17) is 14.0 Å². The number of aryl methyl sites for hydroxylation is 1. The van der Waals surface area contributed by atoms with Gasteiger partial charge in [-0.3, -0.25) is 4.79 Å². The van der Waals surface area contributed by atoms with Crippen LogP contribution in [0.5, 0.6) is 5.75 Å². The molecule has 0 spiro atoms. The third kappa shape index (κ3) is 3.14. The van der Waals surface area contributed by atoms with Gasteiger partial charge in [-0.25, -0.2) is 0 Å². The standard InChI is InChI=1S/C19H22N2O4/c1-12-7-16(25-20-12)9-15-10-21(11-18(15)23-2)19(22)14-3-4-17-13(8-14)5-6-24-17/h3-4,7-8,15,18H,5-6,9-11H2,1-2H3/t15-,18+/m1/s1. The monoisotopic (exact) mass is 342 g/mol. The molecule has 2 atom stereocenters. The highest BCUT2D eigenvalue weighted by Gasteiger charge is 2.36. The second kappa shape index (κ2) is 6.52. The van der Waals surface area contributed by atoms with E-state index >= 15 is 0 Å². The number of benzene rings is 1. The van der Waals surface area contributed by atoms with Crippen molar-refractivity contribution in [3.63, 3.8) is 0 Å². The molecule has 25 heavy (non-hydrogen) atoms. The number of hydrogen-bond acceptors (Lipinski definition) is 5. The normalized spacial score (nSPS) is 22.1. The maximum Gasteiger partial charge on any atom is 0.253 e. The highest BCUT2D eigenvalue weighted by Crippen LogP contribution is 2.29. The summed E-state index contributed by atoms with van der Waals surface area (Å²) in [5, 5.41) is 3.94. The van der Waals surface area contributed by atoms with E-state index in [0.717, 1.165) is 41.2 Å². The van der Waals surface area contributed by atoms with Gasteiger partial charge < -0.3 is 18.9 Å². The summed E-state index contributed by atoms with van der Waals surface area (Å²) in [7, 11) is 1.70. The van der Waals surface area contributed by atoms with E-state index in [1.807, 2.05) is 36.1 Å². The van der Waals surface area contributed by atoms with Crippen molar-refractivity contribution >= 4 is 5.91 Å². The Hall–Kier alpha value is -2.34. The zero-order chi connectivity index (χ0) is 17.4. The Morgan fingerprint density at radius 1 is 1.36 bits per heavy atom. The van der Waals surface area contributed by atoms with Crippen LogP contribution in [0, 0.1) is 12.8 Å². The summed E-state index contributed by atoms with van der Waals surface area (Å²) in [5.74, 6) is 1.99. The van der Waals surface area contributed by atoms with Gasteiger partial charge >= 0.3 is 0 Å². The van der Waals surface area contributed by atoms with Crippen LogP contribution in [0.25, 0.3) is 0 Å². The van der Waals surface area contributed by atoms with Crippen molar-refractivity contribution in [1.29, 1.82) is 0 Å². The molecular formula is C19H22N2O4. The van der Waals surface area contributed by atoms with Crippen LogP contribution in [0.3, 0.4) is 0 Å². The zero-order valence-electron chi connectivity index (χ0n) is 14.5. The molecular weight excluding hydrogens is 320 g/mol. The van der Waals surface area contributed by atoms with Gasteiger partial charge in [-0.15, -0.1) is 0 Å². The molecule has 1 fully saturated rings. The van der Waals surface area contributed by atoms with Crippen LogP contribution >= 0.6 is 0 Å². The summed E-state index contributed by atoms with van der Waals surface area (Å²) in [6.45, 7) is 3.86. The predicted molar refractivity (Wildman–Crippen MR) is 90.8 cm³/mol. The van der Waals surface area contributed by atoms with Crippen LogP contribution in [-0.2, 0) is 17.6 Å². The van der Waals surface area contributed by atoms with Crippen LogP contribution in [-0.4, -0.2) is 48.9 Å². The van der Waals surface area contributed by atoms with Crippen LogP contribution in [0.4, 0.5) is 0 Å². The van der Waals surface area contributed by atoms with Crippen molar-refractivity contribution in [2.75, 3.05) is 26.8 Å². The summed E-state index contributed by atoms with van der Waals surface area (Å²) in [6, 6.07) is 7.65. The molecule has 0 N–H and O–H groups in total. The Labute approximate surface area is 146 Å². The first-order valence-electron chi connectivity index (χ1n) is 8.64. The van der Waals surface area contributed by atoms with Crippen LogP contribution in [0.1, 0.15) is 27.4 Å². The largest absolute Gasteiger partial charge is 0.493 e. The van der Waals surface area contributed by atoms with Gasteiger partial charge in [-0.05, 0) is 30.7 Å². The molecule has 3 heterocycles. The van der Waals surface area contributed by atoms with E-state index in [-0.39, 0.29) is 17.9 Å². The molecule has 1 aromatic carbocycles. The minimum atomic E-state index is 0.00659. The minimum absolute atomic E-state index is 0.00659. The maximum absolute atomic E-state index is 12.9. The Bertz CT molecular complexity index is 785. The average Bonchev–Trinajstić information content (AvgIpc) is 3.33. The maximum atomic E-state index is 12.9. The molecule has 4 rings (SSSR count). The third-order valence-electron chi connectivity index (χ3n) is 5.05. The SMILES string of the molecule is CO[C@H]1CN(C(=O)c2ccc3c(c2)CCO3)C[C@H]1Cc1cc(C)no1. The van der Waals surface area contributed by atoms with E-state index in [0.29, 0.717) is 19.7 Å². The second-order valence-corrected chi connectivity index (χ2v) is 6.80. The van der Waals surface area contributed by atoms with Crippen LogP contribution < -0.4 is 4.74 Å². The number of nitrogens with zero attached hydrogens (tertiary/aromatic N) is 2. The molecule has 0 bridgehead atoms. The Kier molecular flexibility index (Phi) is 4.21. The summed E-state index contributed by atoms with van der Waals surface area (Å²) in [4.78, 5) is 14.8. The van der Waals surface area contributed by atoms with E-state index in [2.05, 4.69) is 5.16 Å². The third-order valence-corrected chi connectivity index (χ3v) is 5.05. The molecule has 0 unspecified atom stereocenters. The van der Waals surface area contributed by atoms with Gasteiger partial charge in [-0.1, -0.05) is 5.16 Å². The molecule has 0 saturated carbocycles. The highest BCUT2D eigenvalue weighted by molar-refractivity contribution is 5.95. The number of fused-ring (bicyclic) bond motifs is 1. The molecule has 1 saturated heterocycles. The van der Waals surface area contributed by atoms with E-state index in [1.165, 1.54) is 0 Å². The van der Waals surface area contributed by atoms with Gasteiger partial charge in [0.1, 0.15) is 11.5 Å². The lowest BCUT2D eigenvalue weighted by Gasteiger charge is -2.16. The average molecular weight is 342 g/mol. The summed E-state index contributed by atoms with van der Waals surface area (Å²) in [6.07, 6.45) is 1.60.